The summed E-state index contributed by atoms with van der Waals surface area (Å²) in [5, 5.41) is 3.26. The number of nitrogens with one attached hydrogen (secondary N) is 1. The number of fused-ring (bicyclic) bond motifs is 1. The number of hydrogen-bond acceptors (Lipinski definition) is 5. The van der Waals surface area contributed by atoms with E-state index in [1.807, 2.05) is 18.2 Å². The average Bonchev–Trinajstić information content (AvgIpc) is 2.87. The standard InChI is InChI=1S/C22H35N3O3/c1-15(2)22(18-7-8-19-20(11-18)28-10-6-9-27-19)23-21(26)14-25-16(3)12-24(5)13-17(25)4/h7-8,11,15-17,22H,6,9-10,12-14H2,1-5H3,(H,23,26)/t16-,17+,22-/m1/s1. The van der Waals surface area contributed by atoms with E-state index < -0.39 is 0 Å². The third kappa shape index (κ3) is 4.97. The molecule has 1 fully saturated rings. The predicted octanol–water partition coefficient (Wildman–Crippen LogP) is 2.69. The van der Waals surface area contributed by atoms with Crippen molar-refractivity contribution in [3.05, 3.63) is 23.8 Å². The third-order valence-electron chi connectivity index (χ3n) is 5.72. The van der Waals surface area contributed by atoms with Crippen LogP contribution in [0.4, 0.5) is 0 Å². The Kier molecular flexibility index (Phi) is 6.83. The fraction of sp³-hybridized carbons (Fsp3) is 0.682. The van der Waals surface area contributed by atoms with Crippen LogP contribution in [-0.2, 0) is 4.79 Å². The van der Waals surface area contributed by atoms with Crippen LogP contribution in [0, 0.1) is 5.92 Å². The maximum atomic E-state index is 12.9. The van der Waals surface area contributed by atoms with Gasteiger partial charge in [-0.05, 0) is 44.5 Å². The van der Waals surface area contributed by atoms with Crippen molar-refractivity contribution < 1.29 is 14.3 Å². The minimum absolute atomic E-state index is 0.0530. The van der Waals surface area contributed by atoms with E-state index >= 15 is 0 Å². The number of rotatable bonds is 5. The van der Waals surface area contributed by atoms with Crippen LogP contribution in [0.15, 0.2) is 18.2 Å². The van der Waals surface area contributed by atoms with Crippen molar-refractivity contribution in [2.24, 2.45) is 5.92 Å². The van der Waals surface area contributed by atoms with Gasteiger partial charge in [0.2, 0.25) is 5.91 Å². The quantitative estimate of drug-likeness (QED) is 0.839. The van der Waals surface area contributed by atoms with Crippen molar-refractivity contribution in [3.63, 3.8) is 0 Å². The van der Waals surface area contributed by atoms with Gasteiger partial charge in [-0.2, -0.15) is 0 Å². The molecule has 1 aromatic rings. The molecule has 0 bridgehead atoms. The summed E-state index contributed by atoms with van der Waals surface area (Å²) < 4.78 is 11.6. The largest absolute Gasteiger partial charge is 0.490 e. The van der Waals surface area contributed by atoms with Gasteiger partial charge in [-0.3, -0.25) is 9.69 Å². The molecule has 1 aromatic carbocycles. The lowest BCUT2D eigenvalue weighted by Crippen LogP contribution is -2.57. The lowest BCUT2D eigenvalue weighted by Gasteiger charge is -2.43. The third-order valence-corrected chi connectivity index (χ3v) is 5.72. The molecule has 1 saturated heterocycles. The van der Waals surface area contributed by atoms with Crippen molar-refractivity contribution in [1.29, 1.82) is 0 Å². The molecular formula is C22H35N3O3. The molecule has 3 rings (SSSR count). The second-order valence-electron chi connectivity index (χ2n) is 8.64. The first kappa shape index (κ1) is 20.9. The highest BCUT2D eigenvalue weighted by molar-refractivity contribution is 5.78. The van der Waals surface area contributed by atoms with Gasteiger partial charge < -0.3 is 19.7 Å². The number of benzene rings is 1. The van der Waals surface area contributed by atoms with E-state index in [0.717, 1.165) is 36.6 Å². The molecule has 1 N–H and O–H groups in total. The molecule has 0 spiro atoms. The van der Waals surface area contributed by atoms with Crippen LogP contribution < -0.4 is 14.8 Å². The van der Waals surface area contributed by atoms with E-state index in [2.05, 4.69) is 49.9 Å². The first-order valence-electron chi connectivity index (χ1n) is 10.5. The van der Waals surface area contributed by atoms with Gasteiger partial charge in [0.05, 0.1) is 25.8 Å². The highest BCUT2D eigenvalue weighted by Gasteiger charge is 2.30. The van der Waals surface area contributed by atoms with Crippen molar-refractivity contribution in [2.75, 3.05) is 39.9 Å². The minimum atomic E-state index is -0.0530. The van der Waals surface area contributed by atoms with Crippen LogP contribution in [0.5, 0.6) is 11.5 Å². The monoisotopic (exact) mass is 389 g/mol. The highest BCUT2D eigenvalue weighted by atomic mass is 16.5. The number of nitrogens with zero attached hydrogens (tertiary/aromatic N) is 2. The molecule has 0 radical (unpaired) electrons. The van der Waals surface area contributed by atoms with E-state index in [9.17, 15) is 4.79 Å². The topological polar surface area (TPSA) is 54.0 Å². The van der Waals surface area contributed by atoms with Crippen LogP contribution in [0.1, 0.15) is 45.7 Å². The molecule has 1 amide bonds. The molecular weight excluding hydrogens is 354 g/mol. The number of carbonyl (C=O) groups excluding carboxylic acids is 1. The van der Waals surface area contributed by atoms with Gasteiger partial charge in [0, 0.05) is 31.6 Å². The summed E-state index contributed by atoms with van der Waals surface area (Å²) in [5.74, 6) is 1.91. The zero-order chi connectivity index (χ0) is 20.3. The molecule has 6 nitrogen and oxygen atoms in total. The Hall–Kier alpha value is -1.79. The number of hydrogen-bond donors (Lipinski definition) is 1. The van der Waals surface area contributed by atoms with E-state index in [1.165, 1.54) is 0 Å². The summed E-state index contributed by atoms with van der Waals surface area (Å²) >= 11 is 0. The zero-order valence-electron chi connectivity index (χ0n) is 17.9. The first-order chi connectivity index (χ1) is 13.3. The summed E-state index contributed by atoms with van der Waals surface area (Å²) in [5.41, 5.74) is 1.06. The zero-order valence-corrected chi connectivity index (χ0v) is 17.9. The lowest BCUT2D eigenvalue weighted by atomic mass is 9.95. The maximum Gasteiger partial charge on any atom is 0.234 e. The van der Waals surface area contributed by atoms with Crippen LogP contribution >= 0.6 is 0 Å². The second kappa shape index (κ2) is 9.14. The molecule has 2 aliphatic rings. The molecule has 2 heterocycles. The molecule has 156 valence electrons. The van der Waals surface area contributed by atoms with Crippen LogP contribution in [0.2, 0.25) is 0 Å². The summed E-state index contributed by atoms with van der Waals surface area (Å²) in [6.07, 6.45) is 0.885. The van der Waals surface area contributed by atoms with Gasteiger partial charge >= 0.3 is 0 Å². The van der Waals surface area contributed by atoms with Crippen LogP contribution in [0.3, 0.4) is 0 Å². The molecule has 3 atom stereocenters. The SMILES string of the molecule is CC(C)[C@@H](NC(=O)CN1[C@H](C)CN(C)C[C@@H]1C)c1ccc2c(c1)OCCCO2. The normalized spacial score (nSPS) is 24.6. The maximum absolute atomic E-state index is 12.9. The van der Waals surface area contributed by atoms with Crippen molar-refractivity contribution >= 4 is 5.91 Å². The van der Waals surface area contributed by atoms with E-state index in [-0.39, 0.29) is 17.9 Å². The fourth-order valence-electron chi connectivity index (χ4n) is 4.33. The van der Waals surface area contributed by atoms with Gasteiger partial charge in [0.1, 0.15) is 0 Å². The molecule has 0 aliphatic carbocycles. The summed E-state index contributed by atoms with van der Waals surface area (Å²) in [7, 11) is 2.14. The fourth-order valence-corrected chi connectivity index (χ4v) is 4.33. The van der Waals surface area contributed by atoms with Crippen molar-refractivity contribution in [2.45, 2.75) is 52.2 Å². The van der Waals surface area contributed by atoms with Crippen LogP contribution in [0.25, 0.3) is 0 Å². The van der Waals surface area contributed by atoms with Crippen LogP contribution in [-0.4, -0.2) is 67.7 Å². The van der Waals surface area contributed by atoms with Gasteiger partial charge in [0.15, 0.2) is 11.5 Å². The smallest absolute Gasteiger partial charge is 0.234 e. The number of piperazine rings is 1. The Labute approximate surface area is 169 Å². The number of amides is 1. The second-order valence-corrected chi connectivity index (χ2v) is 8.64. The average molecular weight is 390 g/mol. The predicted molar refractivity (Wildman–Crippen MR) is 111 cm³/mol. The summed E-state index contributed by atoms with van der Waals surface area (Å²) in [6.45, 7) is 12.4. The van der Waals surface area contributed by atoms with Crippen molar-refractivity contribution in [3.8, 4) is 11.5 Å². The number of ether oxygens (including phenoxy) is 2. The Bertz CT molecular complexity index is 667. The Balaban J connectivity index is 1.69. The number of likely N-dealkylation sites (N-methyl/N-ethyl adjacent to an activating group) is 1. The van der Waals surface area contributed by atoms with E-state index in [1.54, 1.807) is 0 Å². The van der Waals surface area contributed by atoms with Gasteiger partial charge in [-0.25, -0.2) is 0 Å². The minimum Gasteiger partial charge on any atom is -0.490 e. The van der Waals surface area contributed by atoms with Gasteiger partial charge in [0.25, 0.3) is 0 Å². The molecule has 0 unspecified atom stereocenters. The highest BCUT2D eigenvalue weighted by Crippen LogP contribution is 2.34. The van der Waals surface area contributed by atoms with Crippen molar-refractivity contribution in [1.82, 2.24) is 15.1 Å². The summed E-state index contributed by atoms with van der Waals surface area (Å²) in [6, 6.07) is 6.71. The Morgan fingerprint density at radius 2 is 1.79 bits per heavy atom. The molecule has 0 aromatic heterocycles. The van der Waals surface area contributed by atoms with Gasteiger partial charge in [-0.1, -0.05) is 19.9 Å². The van der Waals surface area contributed by atoms with Gasteiger partial charge in [-0.15, -0.1) is 0 Å². The molecule has 0 saturated carbocycles. The van der Waals surface area contributed by atoms with E-state index in [0.29, 0.717) is 31.8 Å². The molecule has 2 aliphatic heterocycles. The Morgan fingerprint density at radius 1 is 1.14 bits per heavy atom. The Morgan fingerprint density at radius 3 is 2.43 bits per heavy atom. The number of carbonyl (C=O) groups is 1. The first-order valence-corrected chi connectivity index (χ1v) is 10.5. The summed E-state index contributed by atoms with van der Waals surface area (Å²) in [4.78, 5) is 17.5. The molecule has 28 heavy (non-hydrogen) atoms. The van der Waals surface area contributed by atoms with E-state index in [4.69, 9.17) is 9.47 Å². The molecule has 6 heteroatoms. The lowest BCUT2D eigenvalue weighted by molar-refractivity contribution is -0.125.